The van der Waals surface area contributed by atoms with Crippen molar-refractivity contribution >= 4 is 28.5 Å². The average molecular weight is 346 g/mol. The normalized spacial score (nSPS) is 20.0. The third-order valence-corrected chi connectivity index (χ3v) is 4.65. The summed E-state index contributed by atoms with van der Waals surface area (Å²) in [6.07, 6.45) is 4.16. The highest BCUT2D eigenvalue weighted by Crippen LogP contribution is 2.22. The molecule has 1 aliphatic heterocycles. The highest BCUT2D eigenvalue weighted by Gasteiger charge is 2.33. The smallest absolute Gasteiger partial charge is 0.410 e. The minimum absolute atomic E-state index is 0.116. The quantitative estimate of drug-likeness (QED) is 0.787. The molecule has 0 aromatic carbocycles. The predicted molar refractivity (Wildman–Crippen MR) is 84.3 cm³/mol. The zero-order valence-corrected chi connectivity index (χ0v) is 14.5. The van der Waals surface area contributed by atoms with Crippen LogP contribution >= 0.6 is 11.6 Å². The van der Waals surface area contributed by atoms with Gasteiger partial charge in [-0.05, 0) is 33.6 Å². The lowest BCUT2D eigenvalue weighted by Crippen LogP contribution is -2.42. The van der Waals surface area contributed by atoms with Crippen molar-refractivity contribution in [3.05, 3.63) is 17.4 Å². The van der Waals surface area contributed by atoms with E-state index in [2.05, 4.69) is 9.97 Å². The van der Waals surface area contributed by atoms with E-state index < -0.39 is 16.4 Å². The molecule has 0 unspecified atom stereocenters. The first-order chi connectivity index (χ1) is 10.3. The van der Waals surface area contributed by atoms with Gasteiger partial charge in [-0.3, -0.25) is 4.21 Å². The summed E-state index contributed by atoms with van der Waals surface area (Å²) < 4.78 is 17.7. The summed E-state index contributed by atoms with van der Waals surface area (Å²) in [7, 11) is -1.37. The Labute approximate surface area is 137 Å². The molecule has 8 heteroatoms. The molecule has 1 fully saturated rings. The van der Waals surface area contributed by atoms with Crippen molar-refractivity contribution in [2.24, 2.45) is 0 Å². The van der Waals surface area contributed by atoms with E-state index >= 15 is 0 Å². The first-order valence-corrected chi connectivity index (χ1v) is 8.81. The first kappa shape index (κ1) is 17.1. The Hall–Kier alpha value is -1.21. The number of carbonyl (C=O) groups is 1. The second-order valence-electron chi connectivity index (χ2n) is 6.17. The largest absolute Gasteiger partial charge is 0.444 e. The van der Waals surface area contributed by atoms with E-state index in [4.69, 9.17) is 16.3 Å². The number of hydrogen-bond donors (Lipinski definition) is 0. The van der Waals surface area contributed by atoms with Gasteiger partial charge in [-0.2, -0.15) is 0 Å². The minimum atomic E-state index is -1.37. The number of nitrogens with zero attached hydrogens (tertiary/aromatic N) is 3. The van der Waals surface area contributed by atoms with E-state index in [9.17, 15) is 9.00 Å². The third-order valence-electron chi connectivity index (χ3n) is 3.15. The van der Waals surface area contributed by atoms with E-state index in [-0.39, 0.29) is 17.3 Å². The lowest BCUT2D eigenvalue weighted by molar-refractivity contribution is 0.0241. The molecule has 1 aromatic heterocycles. The number of carbonyl (C=O) groups excluding carboxylic acids is 1. The molecule has 0 bridgehead atoms. The highest BCUT2D eigenvalue weighted by molar-refractivity contribution is 7.84. The molecule has 122 valence electrons. The molecule has 1 amide bonds. The zero-order chi connectivity index (χ0) is 16.3. The molecule has 2 heterocycles. The Morgan fingerprint density at radius 3 is 2.68 bits per heavy atom. The van der Waals surface area contributed by atoms with Crippen LogP contribution in [0.25, 0.3) is 0 Å². The molecular weight excluding hydrogens is 326 g/mol. The molecule has 0 saturated carbocycles. The Balaban J connectivity index is 2.00. The lowest BCUT2D eigenvalue weighted by atomic mass is 10.2. The summed E-state index contributed by atoms with van der Waals surface area (Å²) >= 11 is 5.72. The molecule has 2 atom stereocenters. The first-order valence-electron chi connectivity index (χ1n) is 7.12. The minimum Gasteiger partial charge on any atom is -0.444 e. The third kappa shape index (κ3) is 4.64. The molecule has 1 aromatic rings. The molecule has 2 rings (SSSR count). The van der Waals surface area contributed by atoms with Gasteiger partial charge in [-0.15, -0.1) is 0 Å². The van der Waals surface area contributed by atoms with Gasteiger partial charge in [0.2, 0.25) is 5.16 Å². The molecule has 0 aliphatic carbocycles. The van der Waals surface area contributed by atoms with E-state index in [1.165, 1.54) is 12.4 Å². The second kappa shape index (κ2) is 6.91. The van der Waals surface area contributed by atoms with Crippen LogP contribution < -0.4 is 0 Å². The predicted octanol–water partition coefficient (Wildman–Crippen LogP) is 2.64. The van der Waals surface area contributed by atoms with E-state index in [0.29, 0.717) is 17.3 Å². The van der Waals surface area contributed by atoms with Gasteiger partial charge < -0.3 is 9.64 Å². The second-order valence-corrected chi connectivity index (χ2v) is 7.99. The summed E-state index contributed by atoms with van der Waals surface area (Å²) in [6, 6.07) is -0.116. The fraction of sp³-hybridized carbons (Fsp3) is 0.643. The van der Waals surface area contributed by atoms with Gasteiger partial charge in [-0.25, -0.2) is 14.8 Å². The van der Waals surface area contributed by atoms with Crippen molar-refractivity contribution in [1.82, 2.24) is 14.9 Å². The van der Waals surface area contributed by atoms with Crippen LogP contribution in [0.3, 0.4) is 0 Å². The summed E-state index contributed by atoms with van der Waals surface area (Å²) in [4.78, 5) is 21.8. The van der Waals surface area contributed by atoms with Crippen LogP contribution in [0.15, 0.2) is 17.6 Å². The maximum Gasteiger partial charge on any atom is 0.410 e. The van der Waals surface area contributed by atoms with Crippen LogP contribution in [-0.4, -0.2) is 49.1 Å². The zero-order valence-electron chi connectivity index (χ0n) is 12.9. The van der Waals surface area contributed by atoms with Gasteiger partial charge in [0.25, 0.3) is 0 Å². The molecule has 22 heavy (non-hydrogen) atoms. The van der Waals surface area contributed by atoms with Crippen LogP contribution in [0.1, 0.15) is 33.6 Å². The number of halogens is 1. The topological polar surface area (TPSA) is 72.4 Å². The summed E-state index contributed by atoms with van der Waals surface area (Å²) in [5, 5.41) is 0.637. The standard InChI is InChI=1S/C14H20ClN3O3S/c1-14(2,3)21-13(19)18-6-4-5-11(18)9-22(20)12-16-7-10(15)8-17-12/h7-8,11H,4-6,9H2,1-3H3/t11-,22+/m1/s1. The SMILES string of the molecule is CC(C)(C)OC(=O)N1CCC[C@@H]1C[S@](=O)c1ncc(Cl)cn1. The van der Waals surface area contributed by atoms with E-state index in [1.54, 1.807) is 4.90 Å². The maximum atomic E-state index is 12.3. The molecule has 0 spiro atoms. The molecule has 1 aliphatic rings. The van der Waals surface area contributed by atoms with Gasteiger partial charge in [0.1, 0.15) is 5.60 Å². The fourth-order valence-corrected chi connectivity index (χ4v) is 3.52. The van der Waals surface area contributed by atoms with Crippen molar-refractivity contribution in [1.29, 1.82) is 0 Å². The lowest BCUT2D eigenvalue weighted by Gasteiger charge is -2.28. The van der Waals surface area contributed by atoms with Crippen LogP contribution in [0.4, 0.5) is 4.79 Å². The number of rotatable bonds is 3. The fourth-order valence-electron chi connectivity index (χ4n) is 2.24. The summed E-state index contributed by atoms with van der Waals surface area (Å²) in [6.45, 7) is 6.11. The Morgan fingerprint density at radius 2 is 2.09 bits per heavy atom. The van der Waals surface area contributed by atoms with Crippen LogP contribution in [-0.2, 0) is 15.5 Å². The average Bonchev–Trinajstić information content (AvgIpc) is 2.85. The van der Waals surface area contributed by atoms with Crippen LogP contribution in [0, 0.1) is 0 Å². The number of ether oxygens (including phenoxy) is 1. The molecule has 0 N–H and O–H groups in total. The van der Waals surface area contributed by atoms with Crippen LogP contribution in [0.5, 0.6) is 0 Å². The molecule has 1 saturated heterocycles. The van der Waals surface area contributed by atoms with Crippen molar-refractivity contribution < 1.29 is 13.7 Å². The van der Waals surface area contributed by atoms with E-state index in [1.807, 2.05) is 20.8 Å². The van der Waals surface area contributed by atoms with Gasteiger partial charge >= 0.3 is 6.09 Å². The summed E-state index contributed by atoms with van der Waals surface area (Å²) in [5.74, 6) is 0.306. The van der Waals surface area contributed by atoms with Crippen molar-refractivity contribution in [3.63, 3.8) is 0 Å². The highest BCUT2D eigenvalue weighted by atomic mass is 35.5. The monoisotopic (exact) mass is 345 g/mol. The number of aromatic nitrogens is 2. The number of likely N-dealkylation sites (tertiary alicyclic amines) is 1. The summed E-state index contributed by atoms with van der Waals surface area (Å²) in [5.41, 5.74) is -0.539. The van der Waals surface area contributed by atoms with E-state index in [0.717, 1.165) is 12.8 Å². The van der Waals surface area contributed by atoms with Gasteiger partial charge in [0.15, 0.2) is 0 Å². The number of amides is 1. The van der Waals surface area contributed by atoms with Crippen LogP contribution in [0.2, 0.25) is 5.02 Å². The van der Waals surface area contributed by atoms with Crippen molar-refractivity contribution in [2.75, 3.05) is 12.3 Å². The Morgan fingerprint density at radius 1 is 1.45 bits per heavy atom. The molecule has 6 nitrogen and oxygen atoms in total. The molecular formula is C14H20ClN3O3S. The number of hydrogen-bond acceptors (Lipinski definition) is 5. The van der Waals surface area contributed by atoms with Crippen molar-refractivity contribution in [2.45, 2.75) is 50.4 Å². The van der Waals surface area contributed by atoms with Crippen molar-refractivity contribution in [3.8, 4) is 0 Å². The maximum absolute atomic E-state index is 12.3. The van der Waals surface area contributed by atoms with Gasteiger partial charge in [0, 0.05) is 12.6 Å². The Bertz CT molecular complexity index is 559. The van der Waals surface area contributed by atoms with Gasteiger partial charge in [-0.1, -0.05) is 11.6 Å². The molecule has 0 radical (unpaired) electrons. The van der Waals surface area contributed by atoms with Gasteiger partial charge in [0.05, 0.1) is 34.0 Å². The Kier molecular flexibility index (Phi) is 5.39.